The Bertz CT molecular complexity index is 438. The van der Waals surface area contributed by atoms with Crippen molar-refractivity contribution in [1.82, 2.24) is 14.9 Å². The predicted molar refractivity (Wildman–Crippen MR) is 75.1 cm³/mol. The van der Waals surface area contributed by atoms with Gasteiger partial charge >= 0.3 is 0 Å². The number of imidazole rings is 1. The topological polar surface area (TPSA) is 29.9 Å². The molecule has 2 aromatic rings. The number of rotatable bonds is 6. The molecule has 0 amide bonds. The van der Waals surface area contributed by atoms with Gasteiger partial charge in [0.05, 0.1) is 6.33 Å². The smallest absolute Gasteiger partial charge is 0.0946 e. The maximum atomic E-state index is 4.05. The molecular formula is C12H16BrN3S. The molecule has 0 unspecified atom stereocenters. The summed E-state index contributed by atoms with van der Waals surface area (Å²) in [5.41, 5.74) is 0. The molecule has 1 atom stereocenters. The van der Waals surface area contributed by atoms with Crippen LogP contribution in [-0.4, -0.2) is 16.1 Å². The summed E-state index contributed by atoms with van der Waals surface area (Å²) in [7, 11) is 0. The molecule has 17 heavy (non-hydrogen) atoms. The summed E-state index contributed by atoms with van der Waals surface area (Å²) < 4.78 is 3.32. The Labute approximate surface area is 114 Å². The van der Waals surface area contributed by atoms with Gasteiger partial charge in [0.2, 0.25) is 0 Å². The lowest BCUT2D eigenvalue weighted by Gasteiger charge is -2.12. The Balaban J connectivity index is 1.70. The number of aromatic nitrogens is 2. The van der Waals surface area contributed by atoms with E-state index in [9.17, 15) is 0 Å². The monoisotopic (exact) mass is 313 g/mol. The van der Waals surface area contributed by atoms with Crippen molar-refractivity contribution in [3.8, 4) is 0 Å². The molecule has 0 spiro atoms. The Kier molecular flexibility index (Phi) is 4.76. The molecule has 1 N–H and O–H groups in total. The highest BCUT2D eigenvalue weighted by Gasteiger charge is 2.04. The van der Waals surface area contributed by atoms with Crippen LogP contribution in [-0.2, 0) is 13.1 Å². The van der Waals surface area contributed by atoms with E-state index >= 15 is 0 Å². The molecule has 5 heteroatoms. The minimum absolute atomic E-state index is 0.600. The Morgan fingerprint density at radius 3 is 3.12 bits per heavy atom. The van der Waals surface area contributed by atoms with Gasteiger partial charge in [-0.3, -0.25) is 0 Å². The van der Waals surface area contributed by atoms with Crippen molar-refractivity contribution < 1.29 is 0 Å². The highest BCUT2D eigenvalue weighted by atomic mass is 79.9. The molecule has 0 aliphatic carbocycles. The molecule has 2 heterocycles. The van der Waals surface area contributed by atoms with Crippen molar-refractivity contribution in [2.24, 2.45) is 5.92 Å². The van der Waals surface area contributed by atoms with E-state index in [1.807, 2.05) is 18.7 Å². The summed E-state index contributed by atoms with van der Waals surface area (Å²) >= 11 is 5.32. The number of nitrogens with one attached hydrogen (secondary N) is 1. The van der Waals surface area contributed by atoms with Crippen LogP contribution in [0.3, 0.4) is 0 Å². The molecule has 3 nitrogen and oxygen atoms in total. The van der Waals surface area contributed by atoms with E-state index in [0.717, 1.165) is 19.6 Å². The van der Waals surface area contributed by atoms with Crippen molar-refractivity contribution in [2.45, 2.75) is 20.0 Å². The molecule has 0 radical (unpaired) electrons. The van der Waals surface area contributed by atoms with E-state index in [1.165, 1.54) is 9.35 Å². The molecular weight excluding hydrogens is 298 g/mol. The normalized spacial score (nSPS) is 12.8. The van der Waals surface area contributed by atoms with E-state index < -0.39 is 0 Å². The molecule has 0 aliphatic rings. The molecule has 0 bridgehead atoms. The van der Waals surface area contributed by atoms with Crippen molar-refractivity contribution in [3.63, 3.8) is 0 Å². The third kappa shape index (κ3) is 3.94. The number of hydrogen-bond donors (Lipinski definition) is 1. The highest BCUT2D eigenvalue weighted by molar-refractivity contribution is 9.10. The second-order valence-electron chi connectivity index (χ2n) is 4.19. The lowest BCUT2D eigenvalue weighted by atomic mass is 10.2. The summed E-state index contributed by atoms with van der Waals surface area (Å²) in [5, 5.41) is 5.59. The predicted octanol–water partition coefficient (Wildman–Crippen LogP) is 3.13. The first-order chi connectivity index (χ1) is 8.25. The summed E-state index contributed by atoms with van der Waals surface area (Å²) in [4.78, 5) is 5.41. The lowest BCUT2D eigenvalue weighted by Crippen LogP contribution is -2.23. The molecule has 2 aromatic heterocycles. The zero-order valence-corrected chi connectivity index (χ0v) is 12.2. The van der Waals surface area contributed by atoms with Gasteiger partial charge in [-0.25, -0.2) is 4.98 Å². The van der Waals surface area contributed by atoms with Crippen LogP contribution in [0.25, 0.3) is 0 Å². The molecule has 0 saturated heterocycles. The van der Waals surface area contributed by atoms with Crippen LogP contribution >= 0.6 is 27.3 Å². The first-order valence-corrected chi connectivity index (χ1v) is 7.31. The van der Waals surface area contributed by atoms with Crippen LogP contribution in [0.1, 0.15) is 11.8 Å². The third-order valence-electron chi connectivity index (χ3n) is 2.55. The molecule has 92 valence electrons. The van der Waals surface area contributed by atoms with Gasteiger partial charge in [0.25, 0.3) is 0 Å². The fourth-order valence-corrected chi connectivity index (χ4v) is 3.16. The van der Waals surface area contributed by atoms with Crippen molar-refractivity contribution in [2.75, 3.05) is 6.54 Å². The Morgan fingerprint density at radius 2 is 2.47 bits per heavy atom. The van der Waals surface area contributed by atoms with Crippen LogP contribution in [0.15, 0.2) is 34.6 Å². The largest absolute Gasteiger partial charge is 0.337 e. The highest BCUT2D eigenvalue weighted by Crippen LogP contribution is 2.22. The van der Waals surface area contributed by atoms with Gasteiger partial charge in [0, 0.05) is 34.8 Å². The Hall–Kier alpha value is -0.650. The number of hydrogen-bond acceptors (Lipinski definition) is 3. The summed E-state index contributed by atoms with van der Waals surface area (Å²) in [6.45, 7) is 5.21. The zero-order valence-electron chi connectivity index (χ0n) is 9.77. The van der Waals surface area contributed by atoms with Gasteiger partial charge in [0.1, 0.15) is 0 Å². The van der Waals surface area contributed by atoms with Gasteiger partial charge in [-0.1, -0.05) is 6.92 Å². The van der Waals surface area contributed by atoms with E-state index in [0.29, 0.717) is 5.92 Å². The van der Waals surface area contributed by atoms with Crippen LogP contribution in [0.4, 0.5) is 0 Å². The summed E-state index contributed by atoms with van der Waals surface area (Å²) in [6.07, 6.45) is 5.70. The third-order valence-corrected chi connectivity index (χ3v) is 4.48. The van der Waals surface area contributed by atoms with Crippen molar-refractivity contribution in [3.05, 3.63) is 39.5 Å². The molecule has 0 aliphatic heterocycles. The maximum Gasteiger partial charge on any atom is 0.0946 e. The summed E-state index contributed by atoms with van der Waals surface area (Å²) in [5.74, 6) is 0.600. The van der Waals surface area contributed by atoms with Gasteiger partial charge in [-0.15, -0.1) is 11.3 Å². The second-order valence-corrected chi connectivity index (χ2v) is 6.04. The molecule has 0 saturated carbocycles. The lowest BCUT2D eigenvalue weighted by molar-refractivity contribution is 0.445. The van der Waals surface area contributed by atoms with E-state index in [-0.39, 0.29) is 0 Å². The van der Waals surface area contributed by atoms with Gasteiger partial charge in [-0.05, 0) is 39.8 Å². The van der Waals surface area contributed by atoms with E-state index in [1.54, 1.807) is 11.3 Å². The van der Waals surface area contributed by atoms with Crippen molar-refractivity contribution >= 4 is 27.3 Å². The standard InChI is InChI=1S/C12H16BrN3S/c1-10(8-16-4-3-14-9-16)6-15-7-12-11(13)2-5-17-12/h2-5,9-10,15H,6-8H2,1H3/t10-/m1/s1. The minimum Gasteiger partial charge on any atom is -0.337 e. The Morgan fingerprint density at radius 1 is 1.59 bits per heavy atom. The average molecular weight is 314 g/mol. The molecule has 0 aromatic carbocycles. The van der Waals surface area contributed by atoms with Crippen LogP contribution in [0.2, 0.25) is 0 Å². The SMILES string of the molecule is C[C@H](CNCc1sccc1Br)Cn1ccnc1. The fourth-order valence-electron chi connectivity index (χ4n) is 1.70. The second kappa shape index (κ2) is 6.33. The maximum absolute atomic E-state index is 4.05. The van der Waals surface area contributed by atoms with Gasteiger partial charge < -0.3 is 9.88 Å². The van der Waals surface area contributed by atoms with Gasteiger partial charge in [0.15, 0.2) is 0 Å². The van der Waals surface area contributed by atoms with Gasteiger partial charge in [-0.2, -0.15) is 0 Å². The average Bonchev–Trinajstić information content (AvgIpc) is 2.91. The number of thiophene rings is 1. The summed E-state index contributed by atoms with van der Waals surface area (Å²) in [6, 6.07) is 2.09. The van der Waals surface area contributed by atoms with E-state index in [2.05, 4.69) is 49.2 Å². The molecule has 0 fully saturated rings. The van der Waals surface area contributed by atoms with Crippen LogP contribution in [0.5, 0.6) is 0 Å². The fraction of sp³-hybridized carbons (Fsp3) is 0.417. The number of halogens is 1. The van der Waals surface area contributed by atoms with E-state index in [4.69, 9.17) is 0 Å². The van der Waals surface area contributed by atoms with Crippen LogP contribution in [0, 0.1) is 5.92 Å². The van der Waals surface area contributed by atoms with Crippen LogP contribution < -0.4 is 5.32 Å². The number of nitrogens with zero attached hydrogens (tertiary/aromatic N) is 2. The minimum atomic E-state index is 0.600. The first-order valence-electron chi connectivity index (χ1n) is 5.64. The zero-order chi connectivity index (χ0) is 12.1. The van der Waals surface area contributed by atoms with Crippen molar-refractivity contribution in [1.29, 1.82) is 0 Å². The quantitative estimate of drug-likeness (QED) is 0.888. The first kappa shape index (κ1) is 12.8. The molecule has 2 rings (SSSR count).